The van der Waals surface area contributed by atoms with Crippen molar-refractivity contribution in [2.45, 2.75) is 25.8 Å². The molecule has 0 saturated carbocycles. The molecule has 0 aliphatic carbocycles. The first kappa shape index (κ1) is 11.8. The summed E-state index contributed by atoms with van der Waals surface area (Å²) in [5, 5.41) is 0. The van der Waals surface area contributed by atoms with Crippen LogP contribution in [-0.4, -0.2) is 29.3 Å². The van der Waals surface area contributed by atoms with Gasteiger partial charge in [0.05, 0.1) is 6.42 Å². The number of hydrogen-bond donors (Lipinski definition) is 1. The van der Waals surface area contributed by atoms with Crippen LogP contribution in [0.2, 0.25) is 0 Å². The van der Waals surface area contributed by atoms with Crippen LogP contribution in [0.1, 0.15) is 29.3 Å². The van der Waals surface area contributed by atoms with Crippen molar-refractivity contribution in [3.05, 3.63) is 35.4 Å². The minimum Gasteiger partial charge on any atom is -0.326 e. The molecule has 0 fully saturated rings. The van der Waals surface area contributed by atoms with Crippen LogP contribution < -0.4 is 5.73 Å². The molecular weight excluding hydrogens is 216 g/mol. The first-order chi connectivity index (χ1) is 8.13. The third kappa shape index (κ3) is 2.22. The van der Waals surface area contributed by atoms with Crippen molar-refractivity contribution >= 4 is 11.8 Å². The lowest BCUT2D eigenvalue weighted by Gasteiger charge is -2.28. The Morgan fingerprint density at radius 1 is 1.35 bits per heavy atom. The standard InChI is InChI=1S/C13H16N2O2/c1-2-10(14)8-15-12(16)7-9-5-3-4-6-11(9)13(15)17/h3-6,10H,2,7-8,14H2,1H3. The molecule has 0 bridgehead atoms. The Morgan fingerprint density at radius 3 is 2.76 bits per heavy atom. The van der Waals surface area contributed by atoms with E-state index < -0.39 is 0 Å². The summed E-state index contributed by atoms with van der Waals surface area (Å²) in [7, 11) is 0. The third-order valence-corrected chi connectivity index (χ3v) is 3.08. The minimum atomic E-state index is -0.222. The number of benzene rings is 1. The summed E-state index contributed by atoms with van der Waals surface area (Å²) in [4.78, 5) is 25.3. The van der Waals surface area contributed by atoms with Crippen LogP contribution in [0.15, 0.2) is 24.3 Å². The molecule has 4 heteroatoms. The van der Waals surface area contributed by atoms with Crippen molar-refractivity contribution in [2.75, 3.05) is 6.54 Å². The van der Waals surface area contributed by atoms with E-state index in [9.17, 15) is 9.59 Å². The predicted molar refractivity (Wildman–Crippen MR) is 64.5 cm³/mol. The Hall–Kier alpha value is -1.68. The van der Waals surface area contributed by atoms with Crippen molar-refractivity contribution in [1.29, 1.82) is 0 Å². The zero-order chi connectivity index (χ0) is 12.4. The maximum atomic E-state index is 12.1. The summed E-state index contributed by atoms with van der Waals surface area (Å²) in [6, 6.07) is 7.09. The molecule has 0 spiro atoms. The largest absolute Gasteiger partial charge is 0.326 e. The van der Waals surface area contributed by atoms with Gasteiger partial charge in [0, 0.05) is 18.2 Å². The Kier molecular flexibility index (Phi) is 3.24. The van der Waals surface area contributed by atoms with Gasteiger partial charge in [-0.15, -0.1) is 0 Å². The van der Waals surface area contributed by atoms with E-state index in [-0.39, 0.29) is 17.9 Å². The molecule has 17 heavy (non-hydrogen) atoms. The van der Waals surface area contributed by atoms with E-state index in [2.05, 4.69) is 0 Å². The number of rotatable bonds is 3. The monoisotopic (exact) mass is 232 g/mol. The molecule has 1 heterocycles. The molecule has 1 unspecified atom stereocenters. The van der Waals surface area contributed by atoms with Crippen molar-refractivity contribution in [1.82, 2.24) is 4.90 Å². The number of imide groups is 1. The van der Waals surface area contributed by atoms with Crippen molar-refractivity contribution in [3.8, 4) is 0 Å². The highest BCUT2D eigenvalue weighted by Gasteiger charge is 2.31. The van der Waals surface area contributed by atoms with Gasteiger partial charge in [0.2, 0.25) is 5.91 Å². The lowest BCUT2D eigenvalue weighted by atomic mass is 9.98. The zero-order valence-corrected chi connectivity index (χ0v) is 9.85. The van der Waals surface area contributed by atoms with Gasteiger partial charge in [-0.1, -0.05) is 25.1 Å². The van der Waals surface area contributed by atoms with Gasteiger partial charge in [0.1, 0.15) is 0 Å². The van der Waals surface area contributed by atoms with Crippen molar-refractivity contribution in [2.24, 2.45) is 5.73 Å². The Balaban J connectivity index is 2.27. The first-order valence-electron chi connectivity index (χ1n) is 5.81. The van der Waals surface area contributed by atoms with E-state index in [1.807, 2.05) is 25.1 Å². The zero-order valence-electron chi connectivity index (χ0n) is 9.85. The van der Waals surface area contributed by atoms with E-state index >= 15 is 0 Å². The lowest BCUT2D eigenvalue weighted by molar-refractivity contribution is -0.128. The van der Waals surface area contributed by atoms with Crippen LogP contribution in [0.5, 0.6) is 0 Å². The van der Waals surface area contributed by atoms with Crippen LogP contribution >= 0.6 is 0 Å². The Labute approximate surface area is 100 Å². The number of nitrogens with two attached hydrogens (primary N) is 1. The fourth-order valence-electron chi connectivity index (χ4n) is 1.95. The smallest absolute Gasteiger partial charge is 0.260 e. The van der Waals surface area contributed by atoms with E-state index in [1.165, 1.54) is 4.90 Å². The van der Waals surface area contributed by atoms with Crippen molar-refractivity contribution < 1.29 is 9.59 Å². The number of nitrogens with zero attached hydrogens (tertiary/aromatic N) is 1. The molecule has 2 N–H and O–H groups in total. The summed E-state index contributed by atoms with van der Waals surface area (Å²) in [6.45, 7) is 2.25. The molecule has 0 aromatic heterocycles. The molecule has 1 aromatic carbocycles. The molecule has 2 rings (SSSR count). The summed E-state index contributed by atoms with van der Waals surface area (Å²) >= 11 is 0. The predicted octanol–water partition coefficient (Wildman–Crippen LogP) is 0.949. The SMILES string of the molecule is CCC(N)CN1C(=O)Cc2ccccc2C1=O. The highest BCUT2D eigenvalue weighted by Crippen LogP contribution is 2.19. The molecular formula is C13H16N2O2. The van der Waals surface area contributed by atoms with E-state index in [0.717, 1.165) is 12.0 Å². The maximum Gasteiger partial charge on any atom is 0.260 e. The van der Waals surface area contributed by atoms with Gasteiger partial charge in [-0.05, 0) is 18.1 Å². The normalized spacial score (nSPS) is 16.9. The van der Waals surface area contributed by atoms with E-state index in [1.54, 1.807) is 6.07 Å². The molecule has 0 saturated heterocycles. The van der Waals surface area contributed by atoms with Crippen LogP contribution in [-0.2, 0) is 11.2 Å². The van der Waals surface area contributed by atoms with Gasteiger partial charge in [-0.25, -0.2) is 0 Å². The highest BCUT2D eigenvalue weighted by molar-refractivity contribution is 6.09. The molecule has 1 aliphatic rings. The molecule has 1 aromatic rings. The van der Waals surface area contributed by atoms with Gasteiger partial charge in [0.25, 0.3) is 5.91 Å². The molecule has 1 aliphatic heterocycles. The summed E-state index contributed by atoms with van der Waals surface area (Å²) < 4.78 is 0. The number of carbonyl (C=O) groups is 2. The minimum absolute atomic E-state index is 0.145. The van der Waals surface area contributed by atoms with Gasteiger partial charge in [-0.2, -0.15) is 0 Å². The average Bonchev–Trinajstić information content (AvgIpc) is 2.34. The van der Waals surface area contributed by atoms with Gasteiger partial charge in [-0.3, -0.25) is 14.5 Å². The van der Waals surface area contributed by atoms with Gasteiger partial charge in [0.15, 0.2) is 0 Å². The topological polar surface area (TPSA) is 63.4 Å². The highest BCUT2D eigenvalue weighted by atomic mass is 16.2. The first-order valence-corrected chi connectivity index (χ1v) is 5.81. The molecule has 90 valence electrons. The summed E-state index contributed by atoms with van der Waals surface area (Å²) in [5.74, 6) is -0.377. The number of fused-ring (bicyclic) bond motifs is 1. The number of carbonyl (C=O) groups excluding carboxylic acids is 2. The molecule has 4 nitrogen and oxygen atoms in total. The molecule has 1 atom stereocenters. The summed E-state index contributed by atoms with van der Waals surface area (Å²) in [6.07, 6.45) is 1.04. The fourth-order valence-corrected chi connectivity index (χ4v) is 1.95. The van der Waals surface area contributed by atoms with E-state index in [4.69, 9.17) is 5.73 Å². The van der Waals surface area contributed by atoms with Crippen LogP contribution in [0, 0.1) is 0 Å². The van der Waals surface area contributed by atoms with Gasteiger partial charge >= 0.3 is 0 Å². The van der Waals surface area contributed by atoms with Crippen molar-refractivity contribution in [3.63, 3.8) is 0 Å². The Morgan fingerprint density at radius 2 is 2.06 bits per heavy atom. The third-order valence-electron chi connectivity index (χ3n) is 3.08. The average molecular weight is 232 g/mol. The Bertz CT molecular complexity index is 456. The second-order valence-electron chi connectivity index (χ2n) is 4.31. The maximum absolute atomic E-state index is 12.1. The van der Waals surface area contributed by atoms with Crippen LogP contribution in [0.4, 0.5) is 0 Å². The quantitative estimate of drug-likeness (QED) is 0.789. The lowest BCUT2D eigenvalue weighted by Crippen LogP contribution is -2.47. The van der Waals surface area contributed by atoms with E-state index in [0.29, 0.717) is 18.5 Å². The van der Waals surface area contributed by atoms with Gasteiger partial charge < -0.3 is 5.73 Å². The summed E-state index contributed by atoms with van der Waals surface area (Å²) in [5.41, 5.74) is 7.23. The second-order valence-corrected chi connectivity index (χ2v) is 4.31. The fraction of sp³-hybridized carbons (Fsp3) is 0.385. The van der Waals surface area contributed by atoms with Crippen LogP contribution in [0.25, 0.3) is 0 Å². The second kappa shape index (κ2) is 4.67. The molecule has 0 radical (unpaired) electrons. The number of amides is 2. The molecule has 2 amide bonds. The van der Waals surface area contributed by atoms with Crippen LogP contribution in [0.3, 0.4) is 0 Å². The number of hydrogen-bond acceptors (Lipinski definition) is 3.